The summed E-state index contributed by atoms with van der Waals surface area (Å²) in [4.78, 5) is 0. The van der Waals surface area contributed by atoms with E-state index in [1.807, 2.05) is 88.9 Å². The van der Waals surface area contributed by atoms with Gasteiger partial charge in [-0.25, -0.2) is 8.78 Å². The normalized spacial score (nSPS) is 11.8. The van der Waals surface area contributed by atoms with Crippen LogP contribution in [-0.4, -0.2) is 9.13 Å². The molecule has 0 unspecified atom stereocenters. The van der Waals surface area contributed by atoms with Gasteiger partial charge in [0.15, 0.2) is 11.6 Å². The van der Waals surface area contributed by atoms with Crippen molar-refractivity contribution in [3.8, 4) is 11.4 Å². The highest BCUT2D eigenvalue weighted by atomic mass is 19.1. The molecule has 0 spiro atoms. The van der Waals surface area contributed by atoms with Crippen LogP contribution in [0.25, 0.3) is 11.4 Å². The van der Waals surface area contributed by atoms with Crippen LogP contribution in [0.15, 0.2) is 73.3 Å². The molecular formula is C25H24F2N2. The first-order valence-corrected chi connectivity index (χ1v) is 9.68. The summed E-state index contributed by atoms with van der Waals surface area (Å²) >= 11 is 0. The molecule has 0 amide bonds. The second kappa shape index (κ2) is 7.03. The zero-order valence-electron chi connectivity index (χ0n) is 17.1. The van der Waals surface area contributed by atoms with Crippen LogP contribution in [0.5, 0.6) is 0 Å². The zero-order chi connectivity index (χ0) is 20.8. The quantitative estimate of drug-likeness (QED) is 0.377. The van der Waals surface area contributed by atoms with Gasteiger partial charge in [0.25, 0.3) is 0 Å². The number of nitrogens with zero attached hydrogens (tertiary/aromatic N) is 2. The van der Waals surface area contributed by atoms with E-state index in [4.69, 9.17) is 0 Å². The Kier molecular flexibility index (Phi) is 4.65. The molecule has 4 heteroatoms. The predicted octanol–water partition coefficient (Wildman–Crippen LogP) is 6.49. The van der Waals surface area contributed by atoms with Gasteiger partial charge in [0, 0.05) is 41.3 Å². The minimum absolute atomic E-state index is 0.323. The van der Waals surface area contributed by atoms with Gasteiger partial charge in [-0.15, -0.1) is 0 Å². The Balaban J connectivity index is 1.95. The molecule has 148 valence electrons. The summed E-state index contributed by atoms with van der Waals surface area (Å²) < 4.78 is 35.0. The maximum absolute atomic E-state index is 15.8. The second-order valence-corrected chi connectivity index (χ2v) is 7.99. The molecular weight excluding hydrogens is 366 g/mol. The van der Waals surface area contributed by atoms with Crippen LogP contribution in [0.3, 0.4) is 0 Å². The molecule has 0 radical (unpaired) electrons. The predicted molar refractivity (Wildman–Crippen MR) is 113 cm³/mol. The first kappa shape index (κ1) is 19.2. The Morgan fingerprint density at radius 2 is 0.966 bits per heavy atom. The van der Waals surface area contributed by atoms with Crippen molar-refractivity contribution in [3.05, 3.63) is 107 Å². The Hall–Kier alpha value is -3.14. The van der Waals surface area contributed by atoms with Crippen molar-refractivity contribution in [1.82, 2.24) is 9.13 Å². The van der Waals surface area contributed by atoms with E-state index in [1.165, 1.54) is 0 Å². The monoisotopic (exact) mass is 390 g/mol. The van der Waals surface area contributed by atoms with Crippen molar-refractivity contribution >= 4 is 0 Å². The largest absolute Gasteiger partial charge is 0.321 e. The van der Waals surface area contributed by atoms with Crippen LogP contribution in [0.4, 0.5) is 8.78 Å². The van der Waals surface area contributed by atoms with Gasteiger partial charge >= 0.3 is 0 Å². The van der Waals surface area contributed by atoms with Crippen LogP contribution in [0, 0.1) is 25.5 Å². The standard InChI is InChI=1S/C25H24F2N2/c1-17-9-11-19(28-13-5-6-14-28)23(26)21(17)25(3,4)22-18(2)10-12-20(24(22)27)29-15-7-8-16-29/h5-16H,1-4H3. The lowest BCUT2D eigenvalue weighted by Crippen LogP contribution is -2.26. The zero-order valence-corrected chi connectivity index (χ0v) is 17.1. The lowest BCUT2D eigenvalue weighted by atomic mass is 9.73. The lowest BCUT2D eigenvalue weighted by molar-refractivity contribution is 0.505. The number of rotatable bonds is 4. The van der Waals surface area contributed by atoms with Crippen molar-refractivity contribution in [2.45, 2.75) is 33.1 Å². The Labute approximate surface area is 170 Å². The highest BCUT2D eigenvalue weighted by Gasteiger charge is 2.34. The van der Waals surface area contributed by atoms with Crippen molar-refractivity contribution in [2.75, 3.05) is 0 Å². The maximum atomic E-state index is 15.8. The molecule has 0 fully saturated rings. The maximum Gasteiger partial charge on any atom is 0.151 e. The van der Waals surface area contributed by atoms with Crippen molar-refractivity contribution < 1.29 is 8.78 Å². The third kappa shape index (κ3) is 3.09. The molecule has 2 nitrogen and oxygen atoms in total. The van der Waals surface area contributed by atoms with E-state index < -0.39 is 5.41 Å². The fourth-order valence-electron chi connectivity index (χ4n) is 4.37. The summed E-state index contributed by atoms with van der Waals surface area (Å²) in [6.45, 7) is 7.54. The van der Waals surface area contributed by atoms with Crippen LogP contribution >= 0.6 is 0 Å². The Morgan fingerprint density at radius 1 is 0.621 bits per heavy atom. The number of aromatic nitrogens is 2. The summed E-state index contributed by atoms with van der Waals surface area (Å²) in [6.07, 6.45) is 7.23. The molecule has 0 atom stereocenters. The van der Waals surface area contributed by atoms with Gasteiger partial charge < -0.3 is 9.13 Å². The molecule has 0 saturated carbocycles. The number of aryl methyl sites for hydroxylation is 2. The molecule has 2 aromatic carbocycles. The van der Waals surface area contributed by atoms with Crippen molar-refractivity contribution in [3.63, 3.8) is 0 Å². The van der Waals surface area contributed by atoms with E-state index >= 15 is 8.78 Å². The van der Waals surface area contributed by atoms with E-state index in [2.05, 4.69) is 0 Å². The molecule has 0 N–H and O–H groups in total. The smallest absolute Gasteiger partial charge is 0.151 e. The first-order chi connectivity index (χ1) is 13.8. The average molecular weight is 390 g/mol. The van der Waals surface area contributed by atoms with Crippen LogP contribution in [-0.2, 0) is 5.41 Å². The number of hydrogen-bond acceptors (Lipinski definition) is 0. The summed E-state index contributed by atoms with van der Waals surface area (Å²) in [5.41, 5.74) is 2.67. The van der Waals surface area contributed by atoms with Crippen molar-refractivity contribution in [1.29, 1.82) is 0 Å². The van der Waals surface area contributed by atoms with Gasteiger partial charge in [0.2, 0.25) is 0 Å². The van der Waals surface area contributed by atoms with Gasteiger partial charge in [-0.1, -0.05) is 26.0 Å². The molecule has 0 aliphatic rings. The van der Waals surface area contributed by atoms with Gasteiger partial charge in [-0.2, -0.15) is 0 Å². The molecule has 0 aliphatic carbocycles. The third-order valence-corrected chi connectivity index (χ3v) is 5.68. The lowest BCUT2D eigenvalue weighted by Gasteiger charge is -2.31. The SMILES string of the molecule is Cc1ccc(-n2cccc2)c(F)c1C(C)(C)c1c(C)ccc(-n2cccc2)c1F. The first-order valence-electron chi connectivity index (χ1n) is 9.68. The van der Waals surface area contributed by atoms with Crippen LogP contribution < -0.4 is 0 Å². The minimum Gasteiger partial charge on any atom is -0.321 e. The van der Waals surface area contributed by atoms with Gasteiger partial charge in [-0.3, -0.25) is 0 Å². The molecule has 29 heavy (non-hydrogen) atoms. The molecule has 2 heterocycles. The third-order valence-electron chi connectivity index (χ3n) is 5.68. The second-order valence-electron chi connectivity index (χ2n) is 7.99. The van der Waals surface area contributed by atoms with E-state index in [1.54, 1.807) is 21.3 Å². The number of halogens is 2. The van der Waals surface area contributed by atoms with Gasteiger partial charge in [0.1, 0.15) is 0 Å². The van der Waals surface area contributed by atoms with Gasteiger partial charge in [0.05, 0.1) is 11.4 Å². The molecule has 0 saturated heterocycles. The number of hydrogen-bond donors (Lipinski definition) is 0. The highest BCUT2D eigenvalue weighted by Crippen LogP contribution is 2.41. The van der Waals surface area contributed by atoms with Crippen molar-refractivity contribution in [2.24, 2.45) is 0 Å². The summed E-state index contributed by atoms with van der Waals surface area (Å²) in [6, 6.07) is 14.8. The molecule has 4 aromatic rings. The molecule has 0 aliphatic heterocycles. The van der Waals surface area contributed by atoms with E-state index in [0.717, 1.165) is 11.1 Å². The summed E-state index contributed by atoms with van der Waals surface area (Å²) in [5.74, 6) is -0.646. The van der Waals surface area contributed by atoms with E-state index in [0.29, 0.717) is 22.5 Å². The van der Waals surface area contributed by atoms with Gasteiger partial charge in [-0.05, 0) is 61.4 Å². The molecule has 2 aromatic heterocycles. The van der Waals surface area contributed by atoms with E-state index in [-0.39, 0.29) is 11.6 Å². The summed E-state index contributed by atoms with van der Waals surface area (Å²) in [7, 11) is 0. The fourth-order valence-corrected chi connectivity index (χ4v) is 4.37. The number of benzene rings is 2. The molecule has 0 bridgehead atoms. The van der Waals surface area contributed by atoms with Crippen LogP contribution in [0.2, 0.25) is 0 Å². The summed E-state index contributed by atoms with van der Waals surface area (Å²) in [5, 5.41) is 0. The highest BCUT2D eigenvalue weighted by molar-refractivity contribution is 5.54. The molecule has 4 rings (SSSR count). The Morgan fingerprint density at radius 3 is 1.31 bits per heavy atom. The van der Waals surface area contributed by atoms with Crippen LogP contribution in [0.1, 0.15) is 36.1 Å². The van der Waals surface area contributed by atoms with E-state index in [9.17, 15) is 0 Å². The topological polar surface area (TPSA) is 9.86 Å². The average Bonchev–Trinajstić information content (AvgIpc) is 3.35. The minimum atomic E-state index is -0.866. The Bertz CT molecular complexity index is 1060. The fraction of sp³-hybridized carbons (Fsp3) is 0.200.